The number of hydrogen-bond acceptors (Lipinski definition) is 5. The fraction of sp³-hybridized carbons (Fsp3) is 0.438. The van der Waals surface area contributed by atoms with Crippen LogP contribution in [0.5, 0.6) is 0 Å². The van der Waals surface area contributed by atoms with Crippen molar-refractivity contribution < 1.29 is 8.78 Å². The lowest BCUT2D eigenvalue weighted by atomic mass is 10.2. The molecule has 0 saturated carbocycles. The molecule has 23 heavy (non-hydrogen) atoms. The predicted octanol–water partition coefficient (Wildman–Crippen LogP) is 2.03. The molecule has 1 aliphatic rings. The van der Waals surface area contributed by atoms with E-state index in [9.17, 15) is 8.78 Å². The lowest BCUT2D eigenvalue weighted by Gasteiger charge is -2.35. The third-order valence-electron chi connectivity index (χ3n) is 4.10. The molecule has 0 amide bonds. The second-order valence-corrected chi connectivity index (χ2v) is 5.54. The van der Waals surface area contributed by atoms with Gasteiger partial charge in [-0.3, -0.25) is 9.88 Å². The molecule has 0 spiro atoms. The van der Waals surface area contributed by atoms with E-state index in [0.29, 0.717) is 43.1 Å². The first-order chi connectivity index (χ1) is 11.2. The molecule has 3 heterocycles. The van der Waals surface area contributed by atoms with Crippen molar-refractivity contribution in [1.82, 2.24) is 19.9 Å². The highest BCUT2D eigenvalue weighted by Gasteiger charge is 2.22. The van der Waals surface area contributed by atoms with Crippen LogP contribution >= 0.6 is 0 Å². The molecule has 0 radical (unpaired) electrons. The summed E-state index contributed by atoms with van der Waals surface area (Å²) in [6, 6.07) is 1.69. The van der Waals surface area contributed by atoms with Gasteiger partial charge in [0, 0.05) is 44.5 Å². The molecule has 2 aromatic rings. The Morgan fingerprint density at radius 3 is 2.61 bits per heavy atom. The molecule has 1 aliphatic heterocycles. The van der Waals surface area contributed by atoms with Gasteiger partial charge in [-0.15, -0.1) is 0 Å². The summed E-state index contributed by atoms with van der Waals surface area (Å²) in [7, 11) is 0. The Kier molecular flexibility index (Phi) is 4.76. The predicted molar refractivity (Wildman–Crippen MR) is 83.1 cm³/mol. The molecular formula is C16H19F2N5. The van der Waals surface area contributed by atoms with Crippen molar-refractivity contribution in [2.45, 2.75) is 19.9 Å². The summed E-state index contributed by atoms with van der Waals surface area (Å²) in [6.45, 7) is 5.18. The molecule has 0 aliphatic carbocycles. The van der Waals surface area contributed by atoms with Gasteiger partial charge in [0.25, 0.3) is 0 Å². The van der Waals surface area contributed by atoms with Crippen molar-refractivity contribution in [2.75, 3.05) is 31.1 Å². The Bertz CT molecular complexity index is 671. The van der Waals surface area contributed by atoms with Crippen LogP contribution in [0.1, 0.15) is 18.2 Å². The Morgan fingerprint density at radius 2 is 1.91 bits per heavy atom. The van der Waals surface area contributed by atoms with Crippen molar-refractivity contribution in [3.05, 3.63) is 47.7 Å². The van der Waals surface area contributed by atoms with E-state index in [4.69, 9.17) is 0 Å². The first kappa shape index (κ1) is 15.7. The van der Waals surface area contributed by atoms with Crippen LogP contribution in [-0.4, -0.2) is 46.0 Å². The number of nitrogens with zero attached hydrogens (tertiary/aromatic N) is 5. The molecule has 0 atom stereocenters. The fourth-order valence-corrected chi connectivity index (χ4v) is 2.75. The Balaban J connectivity index is 1.64. The van der Waals surface area contributed by atoms with E-state index in [1.165, 1.54) is 12.5 Å². The summed E-state index contributed by atoms with van der Waals surface area (Å²) in [5.41, 5.74) is 1.08. The van der Waals surface area contributed by atoms with E-state index in [2.05, 4.69) is 19.9 Å². The zero-order chi connectivity index (χ0) is 16.2. The fourth-order valence-electron chi connectivity index (χ4n) is 2.75. The van der Waals surface area contributed by atoms with Gasteiger partial charge in [-0.05, 0) is 12.5 Å². The van der Waals surface area contributed by atoms with Gasteiger partial charge in [0.1, 0.15) is 12.1 Å². The minimum atomic E-state index is -0.330. The normalized spacial score (nSPS) is 15.9. The molecular weight excluding hydrogens is 300 g/mol. The van der Waals surface area contributed by atoms with Gasteiger partial charge in [0.15, 0.2) is 11.6 Å². The van der Waals surface area contributed by atoms with E-state index >= 15 is 0 Å². The van der Waals surface area contributed by atoms with E-state index in [-0.39, 0.29) is 11.6 Å². The van der Waals surface area contributed by atoms with Crippen molar-refractivity contribution >= 4 is 5.82 Å². The summed E-state index contributed by atoms with van der Waals surface area (Å²) in [6.07, 6.45) is 4.78. The molecule has 0 aromatic carbocycles. The summed E-state index contributed by atoms with van der Waals surface area (Å²) in [4.78, 5) is 15.9. The highest BCUT2D eigenvalue weighted by atomic mass is 19.1. The van der Waals surface area contributed by atoms with Crippen LogP contribution in [0.3, 0.4) is 0 Å². The molecule has 3 rings (SSSR count). The molecule has 2 aromatic heterocycles. The zero-order valence-electron chi connectivity index (χ0n) is 13.0. The summed E-state index contributed by atoms with van der Waals surface area (Å²) in [5.74, 6) is -0.250. The van der Waals surface area contributed by atoms with E-state index in [1.807, 2.05) is 11.8 Å². The maximum atomic E-state index is 14.3. The van der Waals surface area contributed by atoms with E-state index < -0.39 is 0 Å². The summed E-state index contributed by atoms with van der Waals surface area (Å²) < 4.78 is 28.0. The van der Waals surface area contributed by atoms with Gasteiger partial charge < -0.3 is 4.90 Å². The van der Waals surface area contributed by atoms with Crippen molar-refractivity contribution in [3.8, 4) is 0 Å². The molecule has 1 fully saturated rings. The first-order valence-corrected chi connectivity index (χ1v) is 7.74. The maximum absolute atomic E-state index is 14.3. The third kappa shape index (κ3) is 3.44. The number of halogens is 2. The average molecular weight is 319 g/mol. The quantitative estimate of drug-likeness (QED) is 0.863. The van der Waals surface area contributed by atoms with E-state index in [0.717, 1.165) is 13.1 Å². The van der Waals surface area contributed by atoms with Gasteiger partial charge in [-0.1, -0.05) is 6.92 Å². The standard InChI is InChI=1S/C16H19F2N5/c1-2-14-15(18)16(21-11-20-14)23-7-5-22(6-8-23)10-12-3-4-19-9-13(12)17/h3-4,9,11H,2,5-8,10H2,1H3. The van der Waals surface area contributed by atoms with Crippen molar-refractivity contribution in [3.63, 3.8) is 0 Å². The third-order valence-corrected chi connectivity index (χ3v) is 4.10. The molecule has 122 valence electrons. The summed E-state index contributed by atoms with van der Waals surface area (Å²) >= 11 is 0. The number of piperazine rings is 1. The van der Waals surface area contributed by atoms with Gasteiger partial charge >= 0.3 is 0 Å². The maximum Gasteiger partial charge on any atom is 0.187 e. The number of pyridine rings is 1. The van der Waals surface area contributed by atoms with Gasteiger partial charge in [0.2, 0.25) is 0 Å². The highest BCUT2D eigenvalue weighted by Crippen LogP contribution is 2.20. The van der Waals surface area contributed by atoms with Crippen LogP contribution in [0.2, 0.25) is 0 Å². The number of hydrogen-bond donors (Lipinski definition) is 0. The van der Waals surface area contributed by atoms with Crippen LogP contribution in [-0.2, 0) is 13.0 Å². The van der Waals surface area contributed by atoms with Crippen LogP contribution in [0.25, 0.3) is 0 Å². The first-order valence-electron chi connectivity index (χ1n) is 7.74. The second kappa shape index (κ2) is 6.95. The van der Waals surface area contributed by atoms with Crippen LogP contribution < -0.4 is 4.90 Å². The minimum Gasteiger partial charge on any atom is -0.352 e. The van der Waals surface area contributed by atoms with E-state index in [1.54, 1.807) is 12.3 Å². The molecule has 7 heteroatoms. The molecule has 5 nitrogen and oxygen atoms in total. The SMILES string of the molecule is CCc1ncnc(N2CCN(Cc3ccncc3F)CC2)c1F. The molecule has 0 bridgehead atoms. The zero-order valence-corrected chi connectivity index (χ0v) is 13.0. The van der Waals surface area contributed by atoms with Gasteiger partial charge in [-0.25, -0.2) is 18.7 Å². The van der Waals surface area contributed by atoms with Crippen LogP contribution in [0.15, 0.2) is 24.8 Å². The summed E-state index contributed by atoms with van der Waals surface area (Å²) in [5, 5.41) is 0. The average Bonchev–Trinajstić information content (AvgIpc) is 2.58. The number of anilines is 1. The van der Waals surface area contributed by atoms with Crippen LogP contribution in [0, 0.1) is 11.6 Å². The van der Waals surface area contributed by atoms with Crippen molar-refractivity contribution in [1.29, 1.82) is 0 Å². The smallest absolute Gasteiger partial charge is 0.187 e. The topological polar surface area (TPSA) is 45.2 Å². The molecule has 1 saturated heterocycles. The number of aromatic nitrogens is 3. The number of rotatable bonds is 4. The lowest BCUT2D eigenvalue weighted by molar-refractivity contribution is 0.245. The largest absolute Gasteiger partial charge is 0.352 e. The lowest BCUT2D eigenvalue weighted by Crippen LogP contribution is -2.46. The molecule has 0 unspecified atom stereocenters. The minimum absolute atomic E-state index is 0.288. The second-order valence-electron chi connectivity index (χ2n) is 5.54. The van der Waals surface area contributed by atoms with Crippen LogP contribution in [0.4, 0.5) is 14.6 Å². The van der Waals surface area contributed by atoms with Crippen molar-refractivity contribution in [2.24, 2.45) is 0 Å². The Labute approximate surface area is 134 Å². The van der Waals surface area contributed by atoms with Gasteiger partial charge in [0.05, 0.1) is 11.9 Å². The monoisotopic (exact) mass is 319 g/mol. The van der Waals surface area contributed by atoms with Gasteiger partial charge in [-0.2, -0.15) is 0 Å². The molecule has 0 N–H and O–H groups in total. The Hall–Kier alpha value is -2.15. The Morgan fingerprint density at radius 1 is 1.13 bits per heavy atom. The number of aryl methyl sites for hydroxylation is 1. The highest BCUT2D eigenvalue weighted by molar-refractivity contribution is 5.41.